The zero-order chi connectivity index (χ0) is 13.7. The Kier molecular flexibility index (Phi) is 4.93. The molecule has 0 unspecified atom stereocenters. The third-order valence-electron chi connectivity index (χ3n) is 3.42. The van der Waals surface area contributed by atoms with Crippen LogP contribution in [0.2, 0.25) is 0 Å². The number of carbonyl (C=O) groups is 1. The molecule has 1 aliphatic rings. The molecule has 1 aliphatic carbocycles. The lowest BCUT2D eigenvalue weighted by molar-refractivity contribution is -0.132. The van der Waals surface area contributed by atoms with E-state index in [1.807, 2.05) is 30.3 Å². The number of nitrogens with zero attached hydrogens (tertiary/aromatic N) is 1. The number of hydrogen-bond donors (Lipinski definition) is 1. The van der Waals surface area contributed by atoms with Crippen molar-refractivity contribution in [1.29, 1.82) is 0 Å². The summed E-state index contributed by atoms with van der Waals surface area (Å²) in [5, 5.41) is 0. The van der Waals surface area contributed by atoms with E-state index in [1.165, 1.54) is 12.8 Å². The fraction of sp³-hybridized carbons (Fsp3) is 0.533. The van der Waals surface area contributed by atoms with E-state index < -0.39 is 6.04 Å². The van der Waals surface area contributed by atoms with Gasteiger partial charge in [-0.05, 0) is 24.3 Å². The molecule has 104 valence electrons. The highest BCUT2D eigenvalue weighted by Crippen LogP contribution is 2.28. The van der Waals surface area contributed by atoms with Gasteiger partial charge in [-0.1, -0.05) is 30.3 Å². The summed E-state index contributed by atoms with van der Waals surface area (Å²) in [7, 11) is 1.77. The first-order valence-electron chi connectivity index (χ1n) is 6.81. The van der Waals surface area contributed by atoms with E-state index in [0.29, 0.717) is 13.2 Å². The fourth-order valence-electron chi connectivity index (χ4n) is 1.89. The monoisotopic (exact) mass is 262 g/mol. The maximum atomic E-state index is 12.1. The lowest BCUT2D eigenvalue weighted by Crippen LogP contribution is -2.37. The topological polar surface area (TPSA) is 55.6 Å². The Bertz CT molecular complexity index is 404. The minimum absolute atomic E-state index is 0.0683. The van der Waals surface area contributed by atoms with Gasteiger partial charge in [0.25, 0.3) is 0 Å². The van der Waals surface area contributed by atoms with E-state index >= 15 is 0 Å². The molecule has 2 N–H and O–H groups in total. The van der Waals surface area contributed by atoms with Gasteiger partial charge in [0.05, 0.1) is 6.61 Å². The van der Waals surface area contributed by atoms with Crippen LogP contribution in [0.25, 0.3) is 0 Å². The van der Waals surface area contributed by atoms with Gasteiger partial charge in [-0.15, -0.1) is 0 Å². The molecule has 0 spiro atoms. The van der Waals surface area contributed by atoms with E-state index in [9.17, 15) is 4.79 Å². The molecule has 4 heteroatoms. The molecule has 4 nitrogen and oxygen atoms in total. The van der Waals surface area contributed by atoms with E-state index in [0.717, 1.165) is 18.1 Å². The third-order valence-corrected chi connectivity index (χ3v) is 3.42. The quantitative estimate of drug-likeness (QED) is 0.759. The van der Waals surface area contributed by atoms with Crippen molar-refractivity contribution >= 4 is 5.91 Å². The average Bonchev–Trinajstić information content (AvgIpc) is 3.27. The first-order valence-corrected chi connectivity index (χ1v) is 6.81. The molecule has 0 aromatic heterocycles. The van der Waals surface area contributed by atoms with Crippen LogP contribution in [0.4, 0.5) is 0 Å². The van der Waals surface area contributed by atoms with Crippen LogP contribution in [0.1, 0.15) is 24.4 Å². The van der Waals surface area contributed by atoms with Gasteiger partial charge in [0.1, 0.15) is 6.04 Å². The molecule has 0 saturated heterocycles. The minimum Gasteiger partial charge on any atom is -0.379 e. The fourth-order valence-corrected chi connectivity index (χ4v) is 1.89. The van der Waals surface area contributed by atoms with Crippen molar-refractivity contribution in [2.45, 2.75) is 18.9 Å². The number of amides is 1. The minimum atomic E-state index is -0.588. The molecule has 1 saturated carbocycles. The van der Waals surface area contributed by atoms with Gasteiger partial charge in [0.15, 0.2) is 0 Å². The van der Waals surface area contributed by atoms with Crippen LogP contribution in [-0.2, 0) is 9.53 Å². The Morgan fingerprint density at radius 2 is 2.11 bits per heavy atom. The molecule has 0 aliphatic heterocycles. The average molecular weight is 262 g/mol. The molecule has 0 heterocycles. The molecule has 19 heavy (non-hydrogen) atoms. The molecule has 1 amide bonds. The van der Waals surface area contributed by atoms with Crippen LogP contribution in [0.3, 0.4) is 0 Å². The molecule has 1 aromatic carbocycles. The van der Waals surface area contributed by atoms with E-state index in [1.54, 1.807) is 11.9 Å². The second-order valence-electron chi connectivity index (χ2n) is 5.17. The molecule has 2 rings (SSSR count). The van der Waals surface area contributed by atoms with Crippen LogP contribution < -0.4 is 5.73 Å². The summed E-state index contributed by atoms with van der Waals surface area (Å²) < 4.78 is 5.53. The summed E-state index contributed by atoms with van der Waals surface area (Å²) in [6.45, 7) is 2.00. The number of rotatable bonds is 7. The number of nitrogens with two attached hydrogens (primary N) is 1. The summed E-state index contributed by atoms with van der Waals surface area (Å²) in [6, 6.07) is 8.85. The SMILES string of the molecule is CN(CCOCC1CC1)C(=O)[C@H](N)c1ccccc1. The van der Waals surface area contributed by atoms with E-state index in [2.05, 4.69) is 0 Å². The summed E-state index contributed by atoms with van der Waals surface area (Å²) in [5.74, 6) is 0.689. The van der Waals surface area contributed by atoms with Crippen molar-refractivity contribution < 1.29 is 9.53 Å². The first-order chi connectivity index (χ1) is 9.18. The van der Waals surface area contributed by atoms with Gasteiger partial charge in [-0.25, -0.2) is 0 Å². The Labute approximate surface area is 114 Å². The number of carbonyl (C=O) groups excluding carboxylic acids is 1. The molecular formula is C15H22N2O2. The summed E-state index contributed by atoms with van der Waals surface area (Å²) in [6.07, 6.45) is 2.57. The number of benzene rings is 1. The smallest absolute Gasteiger partial charge is 0.243 e. The molecule has 0 bridgehead atoms. The van der Waals surface area contributed by atoms with E-state index in [4.69, 9.17) is 10.5 Å². The maximum absolute atomic E-state index is 12.1. The standard InChI is InChI=1S/C15H22N2O2/c1-17(9-10-19-11-12-7-8-12)15(18)14(16)13-5-3-2-4-6-13/h2-6,12,14H,7-11,16H2,1H3/t14-/m1/s1. The predicted octanol–water partition coefficient (Wildman–Crippen LogP) is 1.57. The predicted molar refractivity (Wildman–Crippen MR) is 74.6 cm³/mol. The molecule has 1 atom stereocenters. The number of hydrogen-bond acceptors (Lipinski definition) is 3. The van der Waals surface area contributed by atoms with Crippen molar-refractivity contribution in [3.05, 3.63) is 35.9 Å². The van der Waals surface area contributed by atoms with Gasteiger partial charge in [0.2, 0.25) is 5.91 Å². The second kappa shape index (κ2) is 6.68. The highest BCUT2D eigenvalue weighted by Gasteiger charge is 2.22. The van der Waals surface area contributed by atoms with Gasteiger partial charge in [0, 0.05) is 20.2 Å². The Morgan fingerprint density at radius 3 is 2.74 bits per heavy atom. The Balaban J connectivity index is 1.74. The van der Waals surface area contributed by atoms with E-state index in [-0.39, 0.29) is 5.91 Å². The normalized spacial score (nSPS) is 16.1. The number of likely N-dealkylation sites (N-methyl/N-ethyl adjacent to an activating group) is 1. The van der Waals surface area contributed by atoms with Crippen LogP contribution in [0.5, 0.6) is 0 Å². The lowest BCUT2D eigenvalue weighted by Gasteiger charge is -2.21. The van der Waals surface area contributed by atoms with Crippen LogP contribution in [0.15, 0.2) is 30.3 Å². The third kappa shape index (κ3) is 4.33. The largest absolute Gasteiger partial charge is 0.379 e. The van der Waals surface area contributed by atoms with Crippen molar-refractivity contribution in [1.82, 2.24) is 4.90 Å². The Morgan fingerprint density at radius 1 is 1.42 bits per heavy atom. The van der Waals surface area contributed by atoms with Crippen molar-refractivity contribution in [3.8, 4) is 0 Å². The lowest BCUT2D eigenvalue weighted by atomic mass is 10.1. The highest BCUT2D eigenvalue weighted by atomic mass is 16.5. The van der Waals surface area contributed by atoms with Crippen LogP contribution >= 0.6 is 0 Å². The zero-order valence-electron chi connectivity index (χ0n) is 11.4. The van der Waals surface area contributed by atoms with Crippen molar-refractivity contribution in [2.75, 3.05) is 26.8 Å². The first kappa shape index (κ1) is 14.0. The van der Waals surface area contributed by atoms with Crippen LogP contribution in [0, 0.1) is 5.92 Å². The van der Waals surface area contributed by atoms with Gasteiger partial charge >= 0.3 is 0 Å². The van der Waals surface area contributed by atoms with Gasteiger partial charge in [-0.2, -0.15) is 0 Å². The van der Waals surface area contributed by atoms with Gasteiger partial charge in [-0.3, -0.25) is 4.79 Å². The zero-order valence-corrected chi connectivity index (χ0v) is 11.4. The van der Waals surface area contributed by atoms with Crippen molar-refractivity contribution in [3.63, 3.8) is 0 Å². The molecule has 1 fully saturated rings. The van der Waals surface area contributed by atoms with Gasteiger partial charge < -0.3 is 15.4 Å². The summed E-state index contributed by atoms with van der Waals surface area (Å²) in [4.78, 5) is 13.8. The molecular weight excluding hydrogens is 240 g/mol. The van der Waals surface area contributed by atoms with Crippen LogP contribution in [-0.4, -0.2) is 37.6 Å². The maximum Gasteiger partial charge on any atom is 0.243 e. The summed E-state index contributed by atoms with van der Waals surface area (Å²) >= 11 is 0. The Hall–Kier alpha value is -1.39. The summed E-state index contributed by atoms with van der Waals surface area (Å²) in [5.41, 5.74) is 6.82. The van der Waals surface area contributed by atoms with Crippen molar-refractivity contribution in [2.24, 2.45) is 11.7 Å². The molecule has 0 radical (unpaired) electrons. The molecule has 1 aromatic rings. The second-order valence-corrected chi connectivity index (χ2v) is 5.17. The highest BCUT2D eigenvalue weighted by molar-refractivity contribution is 5.82. The number of ether oxygens (including phenoxy) is 1.